The Kier molecular flexibility index (Phi) is 3.58. The number of hydrogen-bond acceptors (Lipinski definition) is 2. The van der Waals surface area contributed by atoms with Crippen LogP contribution in [-0.2, 0) is 4.79 Å². The Balaban J connectivity index is 2.75. The molecule has 2 nitrogen and oxygen atoms in total. The highest BCUT2D eigenvalue weighted by molar-refractivity contribution is 6.35. The van der Waals surface area contributed by atoms with Crippen LogP contribution in [0, 0.1) is 0 Å². The molecule has 0 aliphatic heterocycles. The first-order valence-corrected chi connectivity index (χ1v) is 4.53. The Labute approximate surface area is 86.8 Å². The smallest absolute Gasteiger partial charge is 0.148 e. The van der Waals surface area contributed by atoms with E-state index in [-0.39, 0.29) is 12.3 Å². The molecule has 0 bridgehead atoms. The van der Waals surface area contributed by atoms with E-state index < -0.39 is 0 Å². The molecule has 0 saturated carbocycles. The number of Topliss-reactive ketones (excluding diaryl/α,β-unsaturated/α-hetero) is 1. The Hall–Kier alpha value is -0.730. The topological polar surface area (TPSA) is 29.1 Å². The summed E-state index contributed by atoms with van der Waals surface area (Å²) in [6.45, 7) is 1.77. The maximum atomic E-state index is 10.7. The highest BCUT2D eigenvalue weighted by Crippen LogP contribution is 2.24. The monoisotopic (exact) mass is 217 g/mol. The highest BCUT2D eigenvalue weighted by atomic mass is 35.5. The van der Waals surface area contributed by atoms with Crippen LogP contribution in [-0.4, -0.2) is 12.3 Å². The van der Waals surface area contributed by atoms with E-state index in [0.717, 1.165) is 0 Å². The van der Waals surface area contributed by atoms with Crippen molar-refractivity contribution >= 4 is 34.7 Å². The largest absolute Gasteiger partial charge is 0.377 e. The summed E-state index contributed by atoms with van der Waals surface area (Å²) in [4.78, 5) is 10.7. The fourth-order valence-electron chi connectivity index (χ4n) is 0.853. The van der Waals surface area contributed by atoms with Gasteiger partial charge in [-0.05, 0) is 25.1 Å². The van der Waals surface area contributed by atoms with Crippen molar-refractivity contribution in [3.63, 3.8) is 0 Å². The van der Waals surface area contributed by atoms with Crippen molar-refractivity contribution in [1.29, 1.82) is 0 Å². The van der Waals surface area contributed by atoms with Gasteiger partial charge < -0.3 is 5.32 Å². The van der Waals surface area contributed by atoms with Crippen molar-refractivity contribution in [2.45, 2.75) is 6.92 Å². The van der Waals surface area contributed by atoms with E-state index >= 15 is 0 Å². The zero-order valence-electron chi connectivity index (χ0n) is 7.10. The normalized spacial score (nSPS) is 9.77. The molecule has 70 valence electrons. The summed E-state index contributed by atoms with van der Waals surface area (Å²) in [5.74, 6) is 0.0519. The lowest BCUT2D eigenvalue weighted by atomic mass is 10.3. The molecule has 0 spiro atoms. The van der Waals surface area contributed by atoms with E-state index in [1.54, 1.807) is 18.2 Å². The Morgan fingerprint density at radius 2 is 2.15 bits per heavy atom. The second-order valence-electron chi connectivity index (χ2n) is 2.68. The van der Waals surface area contributed by atoms with Crippen molar-refractivity contribution < 1.29 is 4.79 Å². The Morgan fingerprint density at radius 3 is 2.77 bits per heavy atom. The Morgan fingerprint density at radius 1 is 1.46 bits per heavy atom. The van der Waals surface area contributed by atoms with Crippen LogP contribution in [0.15, 0.2) is 18.2 Å². The first kappa shape index (κ1) is 10.4. The first-order chi connectivity index (χ1) is 6.09. The molecule has 1 rings (SSSR count). The van der Waals surface area contributed by atoms with Crippen LogP contribution in [0.2, 0.25) is 10.0 Å². The minimum Gasteiger partial charge on any atom is -0.377 e. The molecule has 1 aromatic rings. The van der Waals surface area contributed by atoms with Gasteiger partial charge in [-0.25, -0.2) is 0 Å². The van der Waals surface area contributed by atoms with Gasteiger partial charge in [0.15, 0.2) is 0 Å². The zero-order valence-corrected chi connectivity index (χ0v) is 8.62. The molecular weight excluding hydrogens is 209 g/mol. The van der Waals surface area contributed by atoms with Crippen LogP contribution < -0.4 is 5.32 Å². The highest BCUT2D eigenvalue weighted by Gasteiger charge is 2.01. The van der Waals surface area contributed by atoms with Gasteiger partial charge in [-0.3, -0.25) is 4.79 Å². The van der Waals surface area contributed by atoms with Gasteiger partial charge in [-0.15, -0.1) is 0 Å². The third kappa shape index (κ3) is 3.25. The maximum absolute atomic E-state index is 10.7. The number of anilines is 1. The van der Waals surface area contributed by atoms with Crippen molar-refractivity contribution in [2.75, 3.05) is 11.9 Å². The third-order valence-electron chi connectivity index (χ3n) is 1.46. The molecule has 0 aliphatic rings. The zero-order chi connectivity index (χ0) is 9.84. The average Bonchev–Trinajstić information content (AvgIpc) is 2.06. The second-order valence-corrected chi connectivity index (χ2v) is 3.52. The second kappa shape index (κ2) is 4.49. The summed E-state index contributed by atoms with van der Waals surface area (Å²) in [5.41, 5.74) is 0.685. The number of carbonyl (C=O) groups excluding carboxylic acids is 1. The molecule has 0 atom stereocenters. The quantitative estimate of drug-likeness (QED) is 0.844. The molecule has 0 aromatic heterocycles. The van der Waals surface area contributed by atoms with Crippen LogP contribution in [0.1, 0.15) is 6.92 Å². The van der Waals surface area contributed by atoms with Gasteiger partial charge >= 0.3 is 0 Å². The van der Waals surface area contributed by atoms with Gasteiger partial charge in [-0.2, -0.15) is 0 Å². The number of hydrogen-bond donors (Lipinski definition) is 1. The fourth-order valence-corrected chi connectivity index (χ4v) is 1.21. The van der Waals surface area contributed by atoms with Gasteiger partial charge in [-0.1, -0.05) is 23.2 Å². The molecule has 0 fully saturated rings. The van der Waals surface area contributed by atoms with Crippen LogP contribution >= 0.6 is 23.2 Å². The molecule has 0 unspecified atom stereocenters. The van der Waals surface area contributed by atoms with Gasteiger partial charge in [0.2, 0.25) is 0 Å². The number of rotatable bonds is 3. The molecule has 1 N–H and O–H groups in total. The van der Waals surface area contributed by atoms with Crippen molar-refractivity contribution in [1.82, 2.24) is 0 Å². The molecule has 0 radical (unpaired) electrons. The van der Waals surface area contributed by atoms with Crippen molar-refractivity contribution in [3.8, 4) is 0 Å². The molecule has 0 amide bonds. The Bertz CT molecular complexity index is 325. The molecule has 4 heteroatoms. The lowest BCUT2D eigenvalue weighted by molar-refractivity contribution is -0.115. The molecule has 0 heterocycles. The number of nitrogens with one attached hydrogen (secondary N) is 1. The van der Waals surface area contributed by atoms with Gasteiger partial charge in [0.05, 0.1) is 17.3 Å². The number of benzene rings is 1. The number of halogens is 2. The third-order valence-corrected chi connectivity index (χ3v) is 2.02. The maximum Gasteiger partial charge on any atom is 0.148 e. The van der Waals surface area contributed by atoms with E-state index in [4.69, 9.17) is 23.2 Å². The predicted octanol–water partition coefficient (Wildman–Crippen LogP) is 2.99. The van der Waals surface area contributed by atoms with E-state index in [9.17, 15) is 4.79 Å². The van der Waals surface area contributed by atoms with Crippen LogP contribution in [0.5, 0.6) is 0 Å². The van der Waals surface area contributed by atoms with Crippen molar-refractivity contribution in [3.05, 3.63) is 28.2 Å². The molecule has 1 aromatic carbocycles. The number of carbonyl (C=O) groups is 1. The molecule has 0 saturated heterocycles. The SMILES string of the molecule is CC(=O)CNc1cc(Cl)ccc1Cl. The lowest BCUT2D eigenvalue weighted by Crippen LogP contribution is -2.09. The summed E-state index contributed by atoms with van der Waals surface area (Å²) in [6, 6.07) is 5.07. The summed E-state index contributed by atoms with van der Waals surface area (Å²) in [5, 5.41) is 4.04. The van der Waals surface area contributed by atoms with Crippen LogP contribution in [0.25, 0.3) is 0 Å². The summed E-state index contributed by atoms with van der Waals surface area (Å²) >= 11 is 11.6. The minimum atomic E-state index is 0.0519. The van der Waals surface area contributed by atoms with Gasteiger partial charge in [0.25, 0.3) is 0 Å². The van der Waals surface area contributed by atoms with E-state index in [1.807, 2.05) is 0 Å². The molecular formula is C9H9Cl2NO. The van der Waals surface area contributed by atoms with E-state index in [1.165, 1.54) is 6.92 Å². The lowest BCUT2D eigenvalue weighted by Gasteiger charge is -2.06. The molecule has 13 heavy (non-hydrogen) atoms. The average molecular weight is 218 g/mol. The van der Waals surface area contributed by atoms with Gasteiger partial charge in [0.1, 0.15) is 5.78 Å². The summed E-state index contributed by atoms with van der Waals surface area (Å²) < 4.78 is 0. The van der Waals surface area contributed by atoms with Gasteiger partial charge in [0, 0.05) is 5.02 Å². The fraction of sp³-hybridized carbons (Fsp3) is 0.222. The minimum absolute atomic E-state index is 0.0519. The number of ketones is 1. The molecule has 0 aliphatic carbocycles. The standard InChI is InChI=1S/C9H9Cl2NO/c1-6(13)5-12-9-4-7(10)2-3-8(9)11/h2-4,12H,5H2,1H3. The summed E-state index contributed by atoms with van der Waals surface area (Å²) in [7, 11) is 0. The van der Waals surface area contributed by atoms with E-state index in [0.29, 0.717) is 15.7 Å². The van der Waals surface area contributed by atoms with E-state index in [2.05, 4.69) is 5.32 Å². The summed E-state index contributed by atoms with van der Waals surface area (Å²) in [6.07, 6.45) is 0. The van der Waals surface area contributed by atoms with Crippen LogP contribution in [0.3, 0.4) is 0 Å². The van der Waals surface area contributed by atoms with Crippen molar-refractivity contribution in [2.24, 2.45) is 0 Å². The first-order valence-electron chi connectivity index (χ1n) is 3.78. The predicted molar refractivity (Wildman–Crippen MR) is 55.6 cm³/mol. The van der Waals surface area contributed by atoms with Crippen LogP contribution in [0.4, 0.5) is 5.69 Å².